The second-order valence-corrected chi connectivity index (χ2v) is 12.5. The first-order chi connectivity index (χ1) is 26.0. The Balaban J connectivity index is 0.000000278. The van der Waals surface area contributed by atoms with Gasteiger partial charge in [0.05, 0.1) is 34.9 Å². The number of halogens is 18. The molecule has 58 heavy (non-hydrogen) atoms. The van der Waals surface area contributed by atoms with Gasteiger partial charge in [-0.05, 0) is 47.8 Å². The number of pyridine rings is 4. The van der Waals surface area contributed by atoms with E-state index in [-0.39, 0.29) is 54.0 Å². The van der Waals surface area contributed by atoms with E-state index in [1.165, 1.54) is 12.1 Å². The summed E-state index contributed by atoms with van der Waals surface area (Å²) in [4.78, 5) is 14.4. The molecule has 0 amide bonds. The SMILES string of the molecule is FC(F)(F)c1ccc(-c2ccc(C(F)(F)F)cn2)nc1.FC1=C[C-](F)C(c2ccc(F)cn2)=C=C1.FC1=C[C-](F)C(c2ccc(F)cn2)=C=C1.F[P-](F)(F)(F)(F)F.[Ir+3]. The van der Waals surface area contributed by atoms with Crippen LogP contribution in [0.4, 0.5) is 77.9 Å². The van der Waals surface area contributed by atoms with Crippen LogP contribution in [0.1, 0.15) is 22.5 Å². The summed E-state index contributed by atoms with van der Waals surface area (Å²) in [5.41, 5.74) is 3.54. The molecule has 312 valence electrons. The topological polar surface area (TPSA) is 51.6 Å². The first kappa shape index (κ1) is 48.8. The molecule has 4 aromatic heterocycles. The Hall–Kier alpha value is -5.32. The molecule has 0 atom stereocenters. The zero-order valence-corrected chi connectivity index (χ0v) is 30.9. The Morgan fingerprint density at radius 2 is 0.759 bits per heavy atom. The zero-order chi connectivity index (χ0) is 43.0. The molecule has 2 aliphatic carbocycles. The van der Waals surface area contributed by atoms with Gasteiger partial charge < -0.3 is 9.97 Å². The fourth-order valence-corrected chi connectivity index (χ4v) is 3.76. The van der Waals surface area contributed by atoms with Crippen LogP contribution in [0.5, 0.6) is 0 Å². The number of aromatic nitrogens is 4. The molecule has 0 fully saturated rings. The minimum absolute atomic E-state index is 0. The number of nitrogens with zero attached hydrogens (tertiary/aromatic N) is 4. The Morgan fingerprint density at radius 1 is 0.466 bits per heavy atom. The molecule has 4 aromatic rings. The predicted octanol–water partition coefficient (Wildman–Crippen LogP) is 13.8. The predicted molar refractivity (Wildman–Crippen MR) is 169 cm³/mol. The molecule has 2 aliphatic rings. The van der Waals surface area contributed by atoms with E-state index in [0.29, 0.717) is 12.4 Å². The van der Waals surface area contributed by atoms with Gasteiger partial charge in [-0.2, -0.15) is 26.3 Å². The van der Waals surface area contributed by atoms with E-state index >= 15 is 0 Å². The minimum atomic E-state index is -10.7. The third kappa shape index (κ3) is 17.4. The van der Waals surface area contributed by atoms with Gasteiger partial charge in [0.25, 0.3) is 0 Å². The quantitative estimate of drug-likeness (QED) is 0.0888. The van der Waals surface area contributed by atoms with E-state index in [2.05, 4.69) is 31.4 Å². The number of alkyl halides is 6. The van der Waals surface area contributed by atoms with Crippen molar-refractivity contribution in [1.29, 1.82) is 0 Å². The molecule has 0 spiro atoms. The molecule has 0 unspecified atom stereocenters. The molecular weight excluding hydrogens is 1030 g/mol. The van der Waals surface area contributed by atoms with E-state index in [4.69, 9.17) is 0 Å². The minimum Gasteiger partial charge on any atom is 3.00 e. The van der Waals surface area contributed by atoms with Gasteiger partial charge in [-0.15, -0.1) is 0 Å². The van der Waals surface area contributed by atoms with Gasteiger partial charge in [0.1, 0.15) is 11.6 Å². The monoisotopic (exact) mass is 1050 g/mol. The summed E-state index contributed by atoms with van der Waals surface area (Å²) in [5.74, 6) is -2.45. The van der Waals surface area contributed by atoms with E-state index < -0.39 is 66.9 Å². The number of allylic oxidation sites excluding steroid dienone is 6. The van der Waals surface area contributed by atoms with Gasteiger partial charge in [-0.3, -0.25) is 27.5 Å². The molecule has 0 aliphatic heterocycles. The normalized spacial score (nSPS) is 14.9. The third-order valence-electron chi connectivity index (χ3n) is 6.13. The van der Waals surface area contributed by atoms with Gasteiger partial charge in [0.15, 0.2) is 0 Å². The van der Waals surface area contributed by atoms with Crippen LogP contribution in [0, 0.1) is 24.0 Å². The van der Waals surface area contributed by atoms with Crippen molar-refractivity contribution >= 4 is 19.0 Å². The number of hydrogen-bond donors (Lipinski definition) is 0. The fourth-order valence-electron chi connectivity index (χ4n) is 3.76. The van der Waals surface area contributed by atoms with E-state index in [1.54, 1.807) is 0 Å². The van der Waals surface area contributed by atoms with Crippen molar-refractivity contribution in [3.8, 4) is 11.4 Å². The summed E-state index contributed by atoms with van der Waals surface area (Å²) >= 11 is 0. The number of hydrogen-bond acceptors (Lipinski definition) is 4. The molecule has 0 saturated heterocycles. The summed E-state index contributed by atoms with van der Waals surface area (Å²) < 4.78 is 210. The smallest absolute Gasteiger partial charge is 3.00 e. The molecule has 4 nitrogen and oxygen atoms in total. The van der Waals surface area contributed by atoms with Gasteiger partial charge in [-0.1, -0.05) is 47.6 Å². The van der Waals surface area contributed by atoms with Crippen LogP contribution in [0.25, 0.3) is 22.5 Å². The van der Waals surface area contributed by atoms with Gasteiger partial charge >= 0.3 is 65.4 Å². The van der Waals surface area contributed by atoms with Crippen molar-refractivity contribution in [2.24, 2.45) is 0 Å². The van der Waals surface area contributed by atoms with E-state index in [9.17, 15) is 77.9 Å². The molecule has 6 rings (SSSR count). The molecule has 0 bridgehead atoms. The third-order valence-corrected chi connectivity index (χ3v) is 6.13. The summed E-state index contributed by atoms with van der Waals surface area (Å²) in [6.07, 6.45) is -3.96. The Labute approximate surface area is 327 Å². The summed E-state index contributed by atoms with van der Waals surface area (Å²) in [6, 6.07) is 8.61. The Morgan fingerprint density at radius 3 is 0.983 bits per heavy atom. The van der Waals surface area contributed by atoms with Crippen molar-refractivity contribution < 1.29 is 98.0 Å². The van der Waals surface area contributed by atoms with Crippen LogP contribution in [0.3, 0.4) is 0 Å². The molecular formula is C34H16F18IrN4P. The zero-order valence-electron chi connectivity index (χ0n) is 27.6. The van der Waals surface area contributed by atoms with Crippen LogP contribution in [0.15, 0.2) is 121 Å². The first-order valence-corrected chi connectivity index (χ1v) is 16.6. The Kier molecular flexibility index (Phi) is 15.2. The van der Waals surface area contributed by atoms with Crippen LogP contribution in [0.2, 0.25) is 0 Å². The van der Waals surface area contributed by atoms with Crippen LogP contribution in [-0.4, -0.2) is 19.9 Å². The summed E-state index contributed by atoms with van der Waals surface area (Å²) in [5, 5.41) is 0. The largest absolute Gasteiger partial charge is 3.00 e. The van der Waals surface area contributed by atoms with Crippen LogP contribution in [-0.2, 0) is 32.5 Å². The van der Waals surface area contributed by atoms with Crippen molar-refractivity contribution in [3.05, 3.63) is 167 Å². The van der Waals surface area contributed by atoms with Gasteiger partial charge in [0.2, 0.25) is 0 Å². The first-order valence-electron chi connectivity index (χ1n) is 14.6. The second kappa shape index (κ2) is 18.1. The van der Waals surface area contributed by atoms with Crippen molar-refractivity contribution in [2.45, 2.75) is 12.4 Å². The average molecular weight is 1050 g/mol. The molecule has 0 saturated carbocycles. The number of rotatable bonds is 3. The standard InChI is InChI=1S/C12H6F6N2.2C11H5F3N.F6P.Ir/c13-11(14,15)7-1-3-9(19-5-7)10-4-2-8(6-20-10)12(16,17)18;2*12-7-1-3-9(10(14)5-7)11-4-2-8(13)6-15-11;1-7(2,3,4,5)6;/h1-6H;2*1-2,4-6H;;/q;3*-1;+3. The maximum Gasteiger partial charge on any atom is 3.00 e. The van der Waals surface area contributed by atoms with Gasteiger partial charge in [-0.25, -0.2) is 20.2 Å². The van der Waals surface area contributed by atoms with Crippen molar-refractivity contribution in [3.63, 3.8) is 0 Å². The van der Waals surface area contributed by atoms with E-state index in [0.717, 1.165) is 73.1 Å². The maximum atomic E-state index is 13.2. The summed E-state index contributed by atoms with van der Waals surface area (Å²) in [7, 11) is -10.7. The molecule has 24 heteroatoms. The fraction of sp³-hybridized carbons (Fsp3) is 0.0588. The second-order valence-electron chi connectivity index (χ2n) is 10.6. The van der Waals surface area contributed by atoms with E-state index in [1.807, 2.05) is 0 Å². The van der Waals surface area contributed by atoms with Crippen LogP contribution >= 0.6 is 7.81 Å². The van der Waals surface area contributed by atoms with Gasteiger partial charge in [0, 0.05) is 36.4 Å². The molecule has 0 radical (unpaired) electrons. The van der Waals surface area contributed by atoms with Crippen molar-refractivity contribution in [2.75, 3.05) is 0 Å². The molecule has 0 N–H and O–H groups in total. The molecule has 0 aromatic carbocycles. The average Bonchev–Trinajstić information content (AvgIpc) is 3.08. The van der Waals surface area contributed by atoms with Crippen LogP contribution < -0.4 is 0 Å². The van der Waals surface area contributed by atoms with Crippen molar-refractivity contribution in [1.82, 2.24) is 19.9 Å². The maximum absolute atomic E-state index is 13.2. The summed E-state index contributed by atoms with van der Waals surface area (Å²) in [6.45, 7) is 0. The Bertz CT molecular complexity index is 2060. The molecule has 4 heterocycles.